The number of aryl methyl sites for hydroxylation is 1. The lowest BCUT2D eigenvalue weighted by Crippen LogP contribution is -2.28. The van der Waals surface area contributed by atoms with E-state index in [-0.39, 0.29) is 18.2 Å². The molecule has 2 heterocycles. The molecule has 28 heavy (non-hydrogen) atoms. The third-order valence-electron chi connectivity index (χ3n) is 5.02. The summed E-state index contributed by atoms with van der Waals surface area (Å²) in [4.78, 5) is 31.4. The second kappa shape index (κ2) is 7.31. The van der Waals surface area contributed by atoms with Crippen LogP contribution in [0.25, 0.3) is 10.9 Å². The van der Waals surface area contributed by atoms with E-state index >= 15 is 0 Å². The van der Waals surface area contributed by atoms with Crippen molar-refractivity contribution in [1.82, 2.24) is 4.98 Å². The van der Waals surface area contributed by atoms with Crippen LogP contribution < -0.4 is 15.0 Å². The molecule has 4 rings (SSSR count). The van der Waals surface area contributed by atoms with Gasteiger partial charge in [-0.2, -0.15) is 0 Å². The lowest BCUT2D eigenvalue weighted by Gasteiger charge is -2.20. The number of anilines is 2. The minimum atomic E-state index is -0.426. The minimum absolute atomic E-state index is 0.0800. The second-order valence-electron chi connectivity index (χ2n) is 6.95. The second-order valence-corrected chi connectivity index (χ2v) is 6.95. The molecule has 0 radical (unpaired) electrons. The van der Waals surface area contributed by atoms with E-state index < -0.39 is 5.92 Å². The van der Waals surface area contributed by atoms with Crippen molar-refractivity contribution in [3.8, 4) is 5.75 Å². The van der Waals surface area contributed by atoms with Crippen LogP contribution in [0, 0.1) is 12.8 Å². The van der Waals surface area contributed by atoms with Gasteiger partial charge in [-0.3, -0.25) is 14.6 Å². The third kappa shape index (κ3) is 3.29. The lowest BCUT2D eigenvalue weighted by molar-refractivity contribution is -0.122. The van der Waals surface area contributed by atoms with Gasteiger partial charge in [-0.15, -0.1) is 0 Å². The zero-order chi connectivity index (χ0) is 19.7. The van der Waals surface area contributed by atoms with Gasteiger partial charge in [0.1, 0.15) is 5.75 Å². The van der Waals surface area contributed by atoms with Gasteiger partial charge < -0.3 is 15.0 Å². The van der Waals surface area contributed by atoms with Crippen molar-refractivity contribution in [3.05, 3.63) is 60.3 Å². The van der Waals surface area contributed by atoms with Gasteiger partial charge in [0.2, 0.25) is 11.8 Å². The van der Waals surface area contributed by atoms with Crippen LogP contribution >= 0.6 is 0 Å². The van der Waals surface area contributed by atoms with Crippen LogP contribution in [-0.2, 0) is 9.59 Å². The molecule has 0 unspecified atom stereocenters. The Labute approximate surface area is 163 Å². The van der Waals surface area contributed by atoms with E-state index in [0.717, 1.165) is 16.5 Å². The molecule has 0 spiro atoms. The number of aromatic nitrogens is 1. The quantitative estimate of drug-likeness (QED) is 0.757. The van der Waals surface area contributed by atoms with Crippen molar-refractivity contribution in [2.75, 3.05) is 23.9 Å². The Morgan fingerprint density at radius 2 is 2.07 bits per heavy atom. The first kappa shape index (κ1) is 18.0. The fraction of sp³-hybridized carbons (Fsp3) is 0.227. The molecule has 1 N–H and O–H groups in total. The summed E-state index contributed by atoms with van der Waals surface area (Å²) in [6, 6.07) is 15.0. The maximum Gasteiger partial charge on any atom is 0.229 e. The Hall–Kier alpha value is -3.41. The SMILES string of the molecule is COc1ccc(C)cc1N1C[C@H](C(=O)Nc2cccc3ncccc23)CC1=O. The molecule has 3 aromatic rings. The maximum absolute atomic E-state index is 12.9. The summed E-state index contributed by atoms with van der Waals surface area (Å²) in [7, 11) is 1.58. The largest absolute Gasteiger partial charge is 0.495 e. The number of ether oxygens (including phenoxy) is 1. The first-order valence-corrected chi connectivity index (χ1v) is 9.16. The number of rotatable bonds is 4. The van der Waals surface area contributed by atoms with Crippen molar-refractivity contribution in [2.24, 2.45) is 5.92 Å². The molecule has 1 aliphatic rings. The fourth-order valence-electron chi connectivity index (χ4n) is 3.57. The summed E-state index contributed by atoms with van der Waals surface area (Å²) in [5.74, 6) is -0.0489. The van der Waals surface area contributed by atoms with Crippen LogP contribution in [0.15, 0.2) is 54.7 Å². The molecular formula is C22H21N3O3. The number of carbonyl (C=O) groups is 2. The van der Waals surface area contributed by atoms with Gasteiger partial charge in [-0.1, -0.05) is 12.1 Å². The number of hydrogen-bond acceptors (Lipinski definition) is 4. The van der Waals surface area contributed by atoms with Crippen LogP contribution in [0.3, 0.4) is 0 Å². The highest BCUT2D eigenvalue weighted by molar-refractivity contribution is 6.06. The first-order chi connectivity index (χ1) is 13.6. The summed E-state index contributed by atoms with van der Waals surface area (Å²) in [6.45, 7) is 2.29. The molecule has 1 fully saturated rings. The Kier molecular flexibility index (Phi) is 4.69. The molecule has 6 nitrogen and oxygen atoms in total. The van der Waals surface area contributed by atoms with Crippen molar-refractivity contribution in [3.63, 3.8) is 0 Å². The van der Waals surface area contributed by atoms with Crippen LogP contribution in [0.5, 0.6) is 5.75 Å². The standard InChI is InChI=1S/C22H21N3O3/c1-14-8-9-20(28-2)19(11-14)25-13-15(12-21(25)26)22(27)24-18-7-3-6-17-16(18)5-4-10-23-17/h3-11,15H,12-13H2,1-2H3,(H,24,27)/t15-/m1/s1. The van der Waals surface area contributed by atoms with Crippen LogP contribution in [0.1, 0.15) is 12.0 Å². The topological polar surface area (TPSA) is 71.5 Å². The zero-order valence-corrected chi connectivity index (χ0v) is 15.8. The number of methoxy groups -OCH3 is 1. The van der Waals surface area contributed by atoms with Gasteiger partial charge >= 0.3 is 0 Å². The van der Waals surface area contributed by atoms with E-state index in [0.29, 0.717) is 23.7 Å². The molecule has 1 atom stereocenters. The van der Waals surface area contributed by atoms with Gasteiger partial charge in [0.15, 0.2) is 0 Å². The summed E-state index contributed by atoms with van der Waals surface area (Å²) in [5, 5.41) is 3.85. The summed E-state index contributed by atoms with van der Waals surface area (Å²) < 4.78 is 5.40. The molecule has 1 saturated heterocycles. The maximum atomic E-state index is 12.9. The van der Waals surface area contributed by atoms with Gasteiger partial charge in [-0.05, 0) is 48.9 Å². The molecule has 2 aromatic carbocycles. The lowest BCUT2D eigenvalue weighted by atomic mass is 10.1. The molecule has 0 saturated carbocycles. The van der Waals surface area contributed by atoms with Crippen molar-refractivity contribution in [2.45, 2.75) is 13.3 Å². The monoisotopic (exact) mass is 375 g/mol. The van der Waals surface area contributed by atoms with E-state index in [1.165, 1.54) is 0 Å². The summed E-state index contributed by atoms with van der Waals surface area (Å²) >= 11 is 0. The average Bonchev–Trinajstić information content (AvgIpc) is 3.10. The van der Waals surface area contributed by atoms with Gasteiger partial charge in [0.05, 0.1) is 29.9 Å². The number of carbonyl (C=O) groups excluding carboxylic acids is 2. The number of amides is 2. The minimum Gasteiger partial charge on any atom is -0.495 e. The summed E-state index contributed by atoms with van der Waals surface area (Å²) in [5.41, 5.74) is 3.25. The fourth-order valence-corrected chi connectivity index (χ4v) is 3.57. The molecule has 142 valence electrons. The smallest absolute Gasteiger partial charge is 0.229 e. The van der Waals surface area contributed by atoms with Gasteiger partial charge in [0, 0.05) is 24.5 Å². The Morgan fingerprint density at radius 1 is 1.21 bits per heavy atom. The van der Waals surface area contributed by atoms with Crippen LogP contribution in [0.4, 0.5) is 11.4 Å². The predicted molar refractivity (Wildman–Crippen MR) is 109 cm³/mol. The molecule has 0 bridgehead atoms. The van der Waals surface area contributed by atoms with E-state index in [9.17, 15) is 9.59 Å². The normalized spacial score (nSPS) is 16.4. The Morgan fingerprint density at radius 3 is 2.89 bits per heavy atom. The van der Waals surface area contributed by atoms with Crippen molar-refractivity contribution < 1.29 is 14.3 Å². The third-order valence-corrected chi connectivity index (χ3v) is 5.02. The first-order valence-electron chi connectivity index (χ1n) is 9.16. The number of hydrogen-bond donors (Lipinski definition) is 1. The van der Waals surface area contributed by atoms with Crippen LogP contribution in [-0.4, -0.2) is 30.5 Å². The molecule has 1 aromatic heterocycles. The molecule has 2 amide bonds. The Bertz CT molecular complexity index is 1060. The van der Waals surface area contributed by atoms with E-state index in [2.05, 4.69) is 10.3 Å². The number of pyridine rings is 1. The molecular weight excluding hydrogens is 354 g/mol. The van der Waals surface area contributed by atoms with E-state index in [1.807, 2.05) is 55.5 Å². The van der Waals surface area contributed by atoms with E-state index in [1.54, 1.807) is 18.2 Å². The summed E-state index contributed by atoms with van der Waals surface area (Å²) in [6.07, 6.45) is 1.89. The van der Waals surface area contributed by atoms with E-state index in [4.69, 9.17) is 4.74 Å². The highest BCUT2D eigenvalue weighted by atomic mass is 16.5. The number of fused-ring (bicyclic) bond motifs is 1. The average molecular weight is 375 g/mol. The van der Waals surface area contributed by atoms with Crippen molar-refractivity contribution >= 4 is 34.1 Å². The molecule has 1 aliphatic heterocycles. The molecule has 6 heteroatoms. The zero-order valence-electron chi connectivity index (χ0n) is 15.8. The molecule has 0 aliphatic carbocycles. The predicted octanol–water partition coefficient (Wildman–Crippen LogP) is 3.54. The van der Waals surface area contributed by atoms with Gasteiger partial charge in [0.25, 0.3) is 0 Å². The number of nitrogens with one attached hydrogen (secondary N) is 1. The highest BCUT2D eigenvalue weighted by Crippen LogP contribution is 2.34. The highest BCUT2D eigenvalue weighted by Gasteiger charge is 2.36. The van der Waals surface area contributed by atoms with Gasteiger partial charge in [-0.25, -0.2) is 0 Å². The van der Waals surface area contributed by atoms with Crippen molar-refractivity contribution in [1.29, 1.82) is 0 Å². The number of nitrogens with zero attached hydrogens (tertiary/aromatic N) is 2. The Balaban J connectivity index is 1.56. The van der Waals surface area contributed by atoms with Crippen LogP contribution in [0.2, 0.25) is 0 Å². The number of benzene rings is 2.